The van der Waals surface area contributed by atoms with E-state index in [1.54, 1.807) is 0 Å². The molecule has 7 atom stereocenters. The highest BCUT2D eigenvalue weighted by Crippen LogP contribution is 2.50. The van der Waals surface area contributed by atoms with Crippen molar-refractivity contribution in [2.24, 2.45) is 17.8 Å². The SMILES string of the molecule is C=C(C(C)CN(C)C1C[C@@H](C)N(C(c2ccc(F)cc2)C2CCCC2)C1=O)N1C(C#N)CC2CC21. The third-order valence-electron chi connectivity index (χ3n) is 9.18. The van der Waals surface area contributed by atoms with Crippen LogP contribution in [-0.2, 0) is 4.79 Å². The zero-order chi connectivity index (χ0) is 24.9. The van der Waals surface area contributed by atoms with E-state index in [2.05, 4.69) is 48.2 Å². The number of piperidine rings is 1. The van der Waals surface area contributed by atoms with Crippen LogP contribution in [0.25, 0.3) is 0 Å². The first kappa shape index (κ1) is 24.3. The fourth-order valence-electron chi connectivity index (χ4n) is 7.20. The standard InChI is InChI=1S/C29H39FN4O/c1-18(20(3)34-25(16-31)14-23-15-26(23)34)17-32(4)27-13-19(2)33(29(27)35)28(21-7-5-6-8-21)22-9-11-24(30)12-10-22/h9-12,18-19,21,23,25-28H,3,5-8,13-15,17H2,1-2,4H3/t18?,19-,23?,25?,26?,27?,28?/m1/s1. The van der Waals surface area contributed by atoms with Crippen molar-refractivity contribution in [3.05, 3.63) is 47.9 Å². The van der Waals surface area contributed by atoms with Gasteiger partial charge in [0.25, 0.3) is 0 Å². The Labute approximate surface area is 209 Å². The van der Waals surface area contributed by atoms with Crippen molar-refractivity contribution in [3.8, 4) is 6.07 Å². The van der Waals surface area contributed by atoms with Gasteiger partial charge >= 0.3 is 0 Å². The van der Waals surface area contributed by atoms with Crippen molar-refractivity contribution in [1.29, 1.82) is 5.26 Å². The number of halogens is 1. The van der Waals surface area contributed by atoms with Crippen LogP contribution in [0.2, 0.25) is 0 Å². The van der Waals surface area contributed by atoms with E-state index in [1.807, 2.05) is 12.1 Å². The molecule has 2 aliphatic carbocycles. The first-order valence-electron chi connectivity index (χ1n) is 13.4. The molecule has 35 heavy (non-hydrogen) atoms. The molecule has 0 spiro atoms. The van der Waals surface area contributed by atoms with Crippen LogP contribution in [-0.4, -0.2) is 58.4 Å². The number of carbonyl (C=O) groups is 1. The Balaban J connectivity index is 1.29. The van der Waals surface area contributed by atoms with Gasteiger partial charge in [-0.1, -0.05) is 38.5 Å². The molecule has 2 aliphatic heterocycles. The lowest BCUT2D eigenvalue weighted by atomic mass is 9.89. The number of hydrogen-bond acceptors (Lipinski definition) is 4. The average Bonchev–Trinajstić information content (AvgIpc) is 3.16. The molecule has 188 valence electrons. The van der Waals surface area contributed by atoms with Gasteiger partial charge in [-0.05, 0) is 75.6 Å². The Morgan fingerprint density at radius 2 is 1.91 bits per heavy atom. The molecular formula is C29H39FN4O. The monoisotopic (exact) mass is 478 g/mol. The zero-order valence-electron chi connectivity index (χ0n) is 21.4. The molecule has 0 aromatic heterocycles. The minimum Gasteiger partial charge on any atom is -0.356 e. The quantitative estimate of drug-likeness (QED) is 0.521. The molecule has 2 heterocycles. The highest BCUT2D eigenvalue weighted by Gasteiger charge is 2.53. The highest BCUT2D eigenvalue weighted by molar-refractivity contribution is 5.85. The van der Waals surface area contributed by atoms with Gasteiger partial charge in [0, 0.05) is 30.2 Å². The van der Waals surface area contributed by atoms with Crippen molar-refractivity contribution < 1.29 is 9.18 Å². The molecule has 4 fully saturated rings. The van der Waals surface area contributed by atoms with Crippen molar-refractivity contribution in [2.75, 3.05) is 13.6 Å². The van der Waals surface area contributed by atoms with Gasteiger partial charge in [-0.15, -0.1) is 0 Å². The Bertz CT molecular complexity index is 997. The summed E-state index contributed by atoms with van der Waals surface area (Å²) in [7, 11) is 2.05. The second-order valence-corrected chi connectivity index (χ2v) is 11.6. The van der Waals surface area contributed by atoms with Gasteiger partial charge in [0.2, 0.25) is 5.91 Å². The smallest absolute Gasteiger partial charge is 0.240 e. The van der Waals surface area contributed by atoms with Crippen LogP contribution in [0.5, 0.6) is 0 Å². The van der Waals surface area contributed by atoms with E-state index in [9.17, 15) is 14.4 Å². The van der Waals surface area contributed by atoms with Crippen LogP contribution >= 0.6 is 0 Å². The number of fused-ring (bicyclic) bond motifs is 1. The predicted molar refractivity (Wildman–Crippen MR) is 134 cm³/mol. The van der Waals surface area contributed by atoms with E-state index in [1.165, 1.54) is 31.4 Å². The minimum atomic E-state index is -0.235. The Morgan fingerprint density at radius 1 is 1.23 bits per heavy atom. The molecule has 4 aliphatic rings. The largest absolute Gasteiger partial charge is 0.356 e. The summed E-state index contributed by atoms with van der Waals surface area (Å²) in [5, 5.41) is 9.59. The Kier molecular flexibility index (Phi) is 6.65. The molecule has 2 saturated heterocycles. The van der Waals surface area contributed by atoms with E-state index >= 15 is 0 Å². The fraction of sp³-hybridized carbons (Fsp3) is 0.655. The second-order valence-electron chi connectivity index (χ2n) is 11.6. The number of likely N-dealkylation sites (N-methyl/N-ethyl adjacent to an activating group) is 1. The number of carbonyl (C=O) groups excluding carboxylic acids is 1. The first-order chi connectivity index (χ1) is 16.8. The van der Waals surface area contributed by atoms with Gasteiger partial charge in [0.1, 0.15) is 11.9 Å². The molecule has 1 aromatic carbocycles. The Hall–Kier alpha value is -2.39. The summed E-state index contributed by atoms with van der Waals surface area (Å²) in [5.41, 5.74) is 2.10. The first-order valence-corrected chi connectivity index (χ1v) is 13.4. The summed E-state index contributed by atoms with van der Waals surface area (Å²) in [5.74, 6) is 1.22. The molecule has 5 nitrogen and oxygen atoms in total. The topological polar surface area (TPSA) is 50.6 Å². The lowest BCUT2D eigenvalue weighted by molar-refractivity contribution is -0.136. The molecule has 0 N–H and O–H groups in total. The molecule has 0 bridgehead atoms. The van der Waals surface area contributed by atoms with E-state index in [-0.39, 0.29) is 41.8 Å². The van der Waals surface area contributed by atoms with Crippen LogP contribution in [0.3, 0.4) is 0 Å². The summed E-state index contributed by atoms with van der Waals surface area (Å²) in [6.07, 6.45) is 7.57. The zero-order valence-corrected chi connectivity index (χ0v) is 21.4. The van der Waals surface area contributed by atoms with Crippen LogP contribution < -0.4 is 0 Å². The van der Waals surface area contributed by atoms with Crippen molar-refractivity contribution in [2.45, 2.75) is 89.0 Å². The van der Waals surface area contributed by atoms with Gasteiger partial charge in [-0.2, -0.15) is 5.26 Å². The van der Waals surface area contributed by atoms with Crippen LogP contribution in [0, 0.1) is 34.9 Å². The average molecular weight is 479 g/mol. The summed E-state index contributed by atoms with van der Waals surface area (Å²) >= 11 is 0. The summed E-state index contributed by atoms with van der Waals surface area (Å²) in [6, 6.07) is 9.68. The molecule has 5 rings (SSSR count). The fourth-order valence-corrected chi connectivity index (χ4v) is 7.20. The molecule has 1 aromatic rings. The lowest BCUT2D eigenvalue weighted by Gasteiger charge is -2.37. The van der Waals surface area contributed by atoms with Crippen LogP contribution in [0.4, 0.5) is 4.39 Å². The van der Waals surface area contributed by atoms with Crippen molar-refractivity contribution >= 4 is 5.91 Å². The summed E-state index contributed by atoms with van der Waals surface area (Å²) in [6.45, 7) is 9.46. The number of benzene rings is 1. The number of nitriles is 1. The number of nitrogens with zero attached hydrogens (tertiary/aromatic N) is 4. The third kappa shape index (κ3) is 4.48. The minimum absolute atomic E-state index is 0.0131. The van der Waals surface area contributed by atoms with E-state index < -0.39 is 0 Å². The molecule has 1 amide bonds. The van der Waals surface area contributed by atoms with Gasteiger partial charge in [0.05, 0.1) is 18.2 Å². The Morgan fingerprint density at radius 3 is 2.57 bits per heavy atom. The second kappa shape index (κ2) is 9.58. The van der Waals surface area contributed by atoms with Crippen molar-refractivity contribution in [1.82, 2.24) is 14.7 Å². The number of amides is 1. The van der Waals surface area contributed by atoms with E-state index in [0.29, 0.717) is 17.9 Å². The van der Waals surface area contributed by atoms with E-state index in [4.69, 9.17) is 0 Å². The maximum Gasteiger partial charge on any atom is 0.240 e. The van der Waals surface area contributed by atoms with Crippen LogP contribution in [0.15, 0.2) is 36.5 Å². The molecule has 6 heteroatoms. The molecular weight excluding hydrogens is 439 g/mol. The van der Waals surface area contributed by atoms with Gasteiger partial charge in [-0.25, -0.2) is 4.39 Å². The number of likely N-dealkylation sites (tertiary alicyclic amines) is 2. The molecule has 2 saturated carbocycles. The third-order valence-corrected chi connectivity index (χ3v) is 9.18. The maximum absolute atomic E-state index is 13.9. The van der Waals surface area contributed by atoms with Gasteiger partial charge in [0.15, 0.2) is 0 Å². The lowest BCUT2D eigenvalue weighted by Crippen LogP contribution is -2.45. The number of rotatable bonds is 8. The number of hydrogen-bond donors (Lipinski definition) is 0. The summed E-state index contributed by atoms with van der Waals surface area (Å²) < 4.78 is 13.7. The van der Waals surface area contributed by atoms with Gasteiger partial charge < -0.3 is 9.80 Å². The maximum atomic E-state index is 13.9. The highest BCUT2D eigenvalue weighted by atomic mass is 19.1. The molecule has 6 unspecified atom stereocenters. The van der Waals surface area contributed by atoms with E-state index in [0.717, 1.165) is 43.5 Å². The molecule has 0 radical (unpaired) electrons. The normalized spacial score (nSPS) is 32.1. The van der Waals surface area contributed by atoms with Gasteiger partial charge in [-0.3, -0.25) is 9.69 Å². The predicted octanol–water partition coefficient (Wildman–Crippen LogP) is 5.11. The van der Waals surface area contributed by atoms with Crippen molar-refractivity contribution in [3.63, 3.8) is 0 Å². The van der Waals surface area contributed by atoms with Crippen LogP contribution in [0.1, 0.15) is 70.4 Å². The summed E-state index contributed by atoms with van der Waals surface area (Å²) in [4.78, 5) is 20.5.